The lowest BCUT2D eigenvalue weighted by atomic mass is 9.97. The van der Waals surface area contributed by atoms with Crippen LogP contribution in [0.1, 0.15) is 148 Å². The monoisotopic (exact) mass is 734 g/mol. The third-order valence-corrected chi connectivity index (χ3v) is 10.5. The molecule has 1 amide bonds. The van der Waals surface area contributed by atoms with E-state index in [1.54, 1.807) is 0 Å². The number of carbonyl (C=O) groups excluding carboxylic acids is 1. The molecule has 8 atom stereocenters. The first-order valence-corrected chi connectivity index (χ1v) is 20.5. The van der Waals surface area contributed by atoms with E-state index in [1.807, 2.05) is 0 Å². The lowest BCUT2D eigenvalue weighted by molar-refractivity contribution is -0.303. The first-order chi connectivity index (χ1) is 24.8. The summed E-state index contributed by atoms with van der Waals surface area (Å²) in [4.78, 5) is 12.9. The normalized spacial score (nSPS) is 24.7. The molecule has 0 aromatic rings. The van der Waals surface area contributed by atoms with E-state index < -0.39 is 55.6 Å². The maximum atomic E-state index is 12.9. The molecule has 0 spiro atoms. The molecule has 2 saturated heterocycles. The molecule has 0 aromatic carbocycles. The summed E-state index contributed by atoms with van der Waals surface area (Å²) in [5.41, 5.74) is 0. The average Bonchev–Trinajstić information content (AvgIpc) is 3.14. The van der Waals surface area contributed by atoms with Gasteiger partial charge in [-0.25, -0.2) is 0 Å². The molecule has 0 radical (unpaired) electrons. The lowest BCUT2D eigenvalue weighted by Gasteiger charge is -2.40. The molecule has 5 unspecified atom stereocenters. The van der Waals surface area contributed by atoms with Gasteiger partial charge in [0.1, 0.15) is 30.5 Å². The summed E-state index contributed by atoms with van der Waals surface area (Å²) < 4.78 is 22.3. The van der Waals surface area contributed by atoms with E-state index >= 15 is 0 Å². The lowest BCUT2D eigenvalue weighted by Crippen LogP contribution is -2.60. The Bertz CT molecular complexity index is 831. The Balaban J connectivity index is 1.70. The average molecular weight is 734 g/mol. The molecule has 12 nitrogen and oxygen atoms in total. The Kier molecular flexibility index (Phi) is 26.7. The Morgan fingerprint density at radius 3 is 1.98 bits per heavy atom. The molecule has 2 aliphatic heterocycles. The first-order valence-electron chi connectivity index (χ1n) is 20.5. The number of hydrogen-bond donors (Lipinski definition) is 7. The predicted molar refractivity (Wildman–Crippen MR) is 196 cm³/mol. The summed E-state index contributed by atoms with van der Waals surface area (Å²) in [5, 5.41) is 64.9. The van der Waals surface area contributed by atoms with Crippen molar-refractivity contribution < 1.29 is 54.4 Å². The van der Waals surface area contributed by atoms with E-state index in [2.05, 4.69) is 12.2 Å². The van der Waals surface area contributed by atoms with Crippen LogP contribution in [0.5, 0.6) is 0 Å². The van der Waals surface area contributed by atoms with Crippen molar-refractivity contribution in [1.29, 1.82) is 0 Å². The van der Waals surface area contributed by atoms with Gasteiger partial charge in [-0.2, -0.15) is 0 Å². The standard InChI is InChI=1S/C39H75NO11/c1-2-3-4-5-6-7-8-9-10-11-13-16-19-32(42)35(44)31(29-50-39-38(47)37(46)36(45)33(28-41)51-39)40-34(43)20-17-14-12-15-18-24-48-25-21-30-22-26-49-27-23-30/h30-33,35-39,41-42,44-47H,2-29H2,1H3,(H,40,43)/t31-,32+,33?,35-,36?,37?,38?,39?/m0/s1. The number of hydrogen-bond acceptors (Lipinski definition) is 11. The molecule has 12 heteroatoms. The zero-order valence-corrected chi connectivity index (χ0v) is 31.7. The fraction of sp³-hybridized carbons (Fsp3) is 0.974. The van der Waals surface area contributed by atoms with Crippen LogP contribution in [0.25, 0.3) is 0 Å². The van der Waals surface area contributed by atoms with Gasteiger partial charge >= 0.3 is 0 Å². The van der Waals surface area contributed by atoms with Gasteiger partial charge in [0.2, 0.25) is 5.91 Å². The SMILES string of the molecule is CCCCCCCCCCCCCC[C@@H](O)[C@@H](O)[C@H](COC1OC(CO)C(O)C(O)C1O)NC(=O)CCCCCCCOCCC1CCOCC1. The van der Waals surface area contributed by atoms with Crippen molar-refractivity contribution in [3.05, 3.63) is 0 Å². The van der Waals surface area contributed by atoms with Crippen LogP contribution in [0.15, 0.2) is 0 Å². The molecule has 0 saturated carbocycles. The molecule has 0 aromatic heterocycles. The summed E-state index contributed by atoms with van der Waals surface area (Å²) in [7, 11) is 0. The van der Waals surface area contributed by atoms with Crippen LogP contribution in [0.4, 0.5) is 0 Å². The molecular weight excluding hydrogens is 658 g/mol. The number of carbonyl (C=O) groups is 1. The second-order valence-corrected chi connectivity index (χ2v) is 14.9. The number of aliphatic hydroxyl groups is 6. The zero-order valence-electron chi connectivity index (χ0n) is 31.7. The minimum absolute atomic E-state index is 0.250. The Hall–Kier alpha value is -0.930. The minimum Gasteiger partial charge on any atom is -0.394 e. The van der Waals surface area contributed by atoms with Gasteiger partial charge in [0, 0.05) is 32.8 Å². The molecule has 302 valence electrons. The van der Waals surface area contributed by atoms with E-state index in [9.17, 15) is 35.4 Å². The number of ether oxygens (including phenoxy) is 4. The maximum Gasteiger partial charge on any atom is 0.220 e. The van der Waals surface area contributed by atoms with Gasteiger partial charge in [0.15, 0.2) is 6.29 Å². The van der Waals surface area contributed by atoms with Gasteiger partial charge in [-0.15, -0.1) is 0 Å². The molecule has 51 heavy (non-hydrogen) atoms. The van der Waals surface area contributed by atoms with Crippen molar-refractivity contribution in [2.24, 2.45) is 5.92 Å². The zero-order chi connectivity index (χ0) is 37.1. The van der Waals surface area contributed by atoms with E-state index in [0.29, 0.717) is 18.8 Å². The summed E-state index contributed by atoms with van der Waals surface area (Å²) >= 11 is 0. The van der Waals surface area contributed by atoms with Gasteiger partial charge in [-0.3, -0.25) is 4.79 Å². The molecular formula is C39H75NO11. The van der Waals surface area contributed by atoms with Gasteiger partial charge in [0.05, 0.1) is 25.4 Å². The maximum absolute atomic E-state index is 12.9. The fourth-order valence-electron chi connectivity index (χ4n) is 6.95. The van der Waals surface area contributed by atoms with Crippen molar-refractivity contribution in [3.63, 3.8) is 0 Å². The van der Waals surface area contributed by atoms with Crippen molar-refractivity contribution in [2.75, 3.05) is 39.6 Å². The third-order valence-electron chi connectivity index (χ3n) is 10.5. The van der Waals surface area contributed by atoms with Crippen molar-refractivity contribution in [3.8, 4) is 0 Å². The van der Waals surface area contributed by atoms with Crippen LogP contribution in [0.3, 0.4) is 0 Å². The molecule has 2 heterocycles. The van der Waals surface area contributed by atoms with E-state index in [1.165, 1.54) is 51.4 Å². The van der Waals surface area contributed by atoms with E-state index in [-0.39, 0.29) is 18.9 Å². The topological polar surface area (TPSA) is 187 Å². The summed E-state index contributed by atoms with van der Waals surface area (Å²) in [6.45, 7) is 4.58. The Morgan fingerprint density at radius 1 is 0.765 bits per heavy atom. The molecule has 0 bridgehead atoms. The highest BCUT2D eigenvalue weighted by Gasteiger charge is 2.44. The van der Waals surface area contributed by atoms with Crippen LogP contribution >= 0.6 is 0 Å². The van der Waals surface area contributed by atoms with Crippen LogP contribution in [0.2, 0.25) is 0 Å². The number of unbranched alkanes of at least 4 members (excludes halogenated alkanes) is 15. The number of aliphatic hydroxyl groups excluding tert-OH is 6. The van der Waals surface area contributed by atoms with Crippen LogP contribution in [-0.2, 0) is 23.7 Å². The second kappa shape index (κ2) is 29.4. The number of rotatable bonds is 31. The van der Waals surface area contributed by atoms with Crippen LogP contribution in [0, 0.1) is 5.92 Å². The van der Waals surface area contributed by atoms with Gasteiger partial charge in [0.25, 0.3) is 0 Å². The molecule has 0 aliphatic carbocycles. The van der Waals surface area contributed by atoms with Crippen LogP contribution < -0.4 is 5.32 Å². The number of amides is 1. The third kappa shape index (κ3) is 20.4. The highest BCUT2D eigenvalue weighted by Crippen LogP contribution is 2.23. The largest absolute Gasteiger partial charge is 0.394 e. The summed E-state index contributed by atoms with van der Waals surface area (Å²) in [5.74, 6) is 0.429. The molecule has 7 N–H and O–H groups in total. The van der Waals surface area contributed by atoms with Crippen molar-refractivity contribution in [1.82, 2.24) is 5.32 Å². The van der Waals surface area contributed by atoms with Gasteiger partial charge in [-0.05, 0) is 44.4 Å². The molecule has 2 fully saturated rings. The quantitative estimate of drug-likeness (QED) is 0.0505. The van der Waals surface area contributed by atoms with Gasteiger partial charge < -0.3 is 54.9 Å². The summed E-state index contributed by atoms with van der Waals surface area (Å²) in [6, 6.07) is -1.00. The second-order valence-electron chi connectivity index (χ2n) is 14.9. The molecule has 2 rings (SSSR count). The Labute approximate surface area is 308 Å². The van der Waals surface area contributed by atoms with Crippen LogP contribution in [-0.4, -0.2) is 125 Å². The van der Waals surface area contributed by atoms with Crippen molar-refractivity contribution in [2.45, 2.75) is 197 Å². The first kappa shape index (κ1) is 46.2. The van der Waals surface area contributed by atoms with Gasteiger partial charge in [-0.1, -0.05) is 103 Å². The predicted octanol–water partition coefficient (Wildman–Crippen LogP) is 4.27. The highest BCUT2D eigenvalue weighted by molar-refractivity contribution is 5.76. The van der Waals surface area contributed by atoms with Crippen molar-refractivity contribution >= 4 is 5.91 Å². The Morgan fingerprint density at radius 2 is 1.35 bits per heavy atom. The smallest absolute Gasteiger partial charge is 0.220 e. The molecule has 2 aliphatic rings. The number of nitrogens with one attached hydrogen (secondary N) is 1. The minimum atomic E-state index is -1.61. The fourth-order valence-corrected chi connectivity index (χ4v) is 6.95. The van der Waals surface area contributed by atoms with E-state index in [0.717, 1.165) is 97.1 Å². The van der Waals surface area contributed by atoms with E-state index in [4.69, 9.17) is 18.9 Å². The highest BCUT2D eigenvalue weighted by atomic mass is 16.7. The summed E-state index contributed by atoms with van der Waals surface area (Å²) in [6.07, 6.45) is 13.0.